The molecule has 2 aromatic heterocycles. The smallest absolute Gasteiger partial charge is 0.397 e. The van der Waals surface area contributed by atoms with Gasteiger partial charge in [0, 0.05) is 18.0 Å². The maximum atomic E-state index is 11.5. The number of pyridine rings is 1. The molecular formula is C15H23N3O3. The summed E-state index contributed by atoms with van der Waals surface area (Å²) in [5.74, 6) is -0.367. The number of ether oxygens (including phenoxy) is 1. The van der Waals surface area contributed by atoms with E-state index in [1.54, 1.807) is 24.5 Å². The number of hydrogen-bond donors (Lipinski definition) is 0. The second-order valence-electron chi connectivity index (χ2n) is 3.65. The van der Waals surface area contributed by atoms with E-state index in [1.807, 2.05) is 20.8 Å². The van der Waals surface area contributed by atoms with Crippen LogP contribution in [0.1, 0.15) is 51.7 Å². The highest BCUT2D eigenvalue weighted by Gasteiger charge is 2.17. The first-order chi connectivity index (χ1) is 9.81. The molecule has 0 N–H and O–H groups in total. The minimum atomic E-state index is -0.587. The van der Waals surface area contributed by atoms with E-state index in [-0.39, 0.29) is 13.3 Å². The number of nitrogens with zero attached hydrogens (tertiary/aromatic N) is 3. The number of aromatic nitrogens is 3. The Morgan fingerprint density at radius 2 is 1.95 bits per heavy atom. The van der Waals surface area contributed by atoms with Crippen LogP contribution in [0.3, 0.4) is 0 Å². The monoisotopic (exact) mass is 293 g/mol. The van der Waals surface area contributed by atoms with Gasteiger partial charge in [0.25, 0.3) is 0 Å². The van der Waals surface area contributed by atoms with Crippen molar-refractivity contribution >= 4 is 5.97 Å². The molecule has 0 spiro atoms. The van der Waals surface area contributed by atoms with Crippen molar-refractivity contribution in [2.45, 2.75) is 41.0 Å². The maximum Gasteiger partial charge on any atom is 0.397 e. The zero-order valence-corrected chi connectivity index (χ0v) is 12.0. The Balaban J connectivity index is 0.00000128. The molecule has 0 bridgehead atoms. The van der Waals surface area contributed by atoms with Crippen LogP contribution in [0.4, 0.5) is 0 Å². The first-order valence-electron chi connectivity index (χ1n) is 6.72. The predicted molar refractivity (Wildman–Crippen MR) is 80.8 cm³/mol. The maximum absolute atomic E-state index is 11.5. The van der Waals surface area contributed by atoms with Crippen molar-refractivity contribution < 1.29 is 14.1 Å². The minimum Gasteiger partial charge on any atom is -0.459 e. The van der Waals surface area contributed by atoms with Gasteiger partial charge in [0.1, 0.15) is 0 Å². The number of carbonyl (C=O) groups excluding carboxylic acids is 1. The molecule has 0 aromatic carbocycles. The molecule has 0 aliphatic carbocycles. The molecule has 6 nitrogen and oxygen atoms in total. The zero-order valence-electron chi connectivity index (χ0n) is 12.0. The fraction of sp³-hybridized carbons (Fsp3) is 0.467. The third-order valence-corrected chi connectivity index (χ3v) is 2.27. The zero-order chi connectivity index (χ0) is 14.8. The molecule has 0 unspecified atom stereocenters. The van der Waals surface area contributed by atoms with E-state index in [2.05, 4.69) is 15.1 Å². The van der Waals surface area contributed by atoms with Crippen LogP contribution < -0.4 is 0 Å². The van der Waals surface area contributed by atoms with Crippen LogP contribution in [0.25, 0.3) is 11.4 Å². The van der Waals surface area contributed by atoms with Gasteiger partial charge >= 0.3 is 11.9 Å². The first-order valence-corrected chi connectivity index (χ1v) is 6.72. The summed E-state index contributed by atoms with van der Waals surface area (Å²) in [7, 11) is 0. The van der Waals surface area contributed by atoms with Gasteiger partial charge in [0.05, 0.1) is 6.61 Å². The van der Waals surface area contributed by atoms with Crippen LogP contribution in [0.5, 0.6) is 0 Å². The van der Waals surface area contributed by atoms with Crippen molar-refractivity contribution in [1.82, 2.24) is 15.1 Å². The van der Waals surface area contributed by atoms with Gasteiger partial charge in [-0.05, 0) is 18.6 Å². The Hall–Kier alpha value is -2.24. The van der Waals surface area contributed by atoms with Crippen LogP contribution in [0.15, 0.2) is 29.0 Å². The van der Waals surface area contributed by atoms with Crippen molar-refractivity contribution in [3.8, 4) is 11.4 Å². The minimum absolute atomic E-state index is 0. The molecule has 2 heterocycles. The second-order valence-corrected chi connectivity index (χ2v) is 3.65. The van der Waals surface area contributed by atoms with E-state index in [0.717, 1.165) is 18.4 Å². The lowest BCUT2D eigenvalue weighted by molar-refractivity contribution is 0.0444. The summed E-state index contributed by atoms with van der Waals surface area (Å²) >= 11 is 0. The Bertz CT molecular complexity index is 512. The van der Waals surface area contributed by atoms with Crippen molar-refractivity contribution in [1.29, 1.82) is 0 Å². The van der Waals surface area contributed by atoms with Gasteiger partial charge in [0.15, 0.2) is 0 Å². The third kappa shape index (κ3) is 5.72. The van der Waals surface area contributed by atoms with E-state index in [1.165, 1.54) is 0 Å². The normalized spacial score (nSPS) is 9.10. The van der Waals surface area contributed by atoms with Gasteiger partial charge in [-0.15, -0.1) is 0 Å². The molecule has 0 aliphatic heterocycles. The lowest BCUT2D eigenvalue weighted by Crippen LogP contribution is -2.06. The second kappa shape index (κ2) is 10.5. The van der Waals surface area contributed by atoms with E-state index in [4.69, 9.17) is 9.26 Å². The largest absolute Gasteiger partial charge is 0.459 e. The average molecular weight is 293 g/mol. The fourth-order valence-corrected chi connectivity index (χ4v) is 1.30. The molecule has 0 saturated carbocycles. The molecule has 2 rings (SSSR count). The first kappa shape index (κ1) is 18.8. The summed E-state index contributed by atoms with van der Waals surface area (Å²) in [4.78, 5) is 19.4. The molecule has 116 valence electrons. The van der Waals surface area contributed by atoms with E-state index < -0.39 is 5.97 Å². The number of hydrogen-bond acceptors (Lipinski definition) is 6. The highest BCUT2D eigenvalue weighted by Crippen LogP contribution is 2.14. The quantitative estimate of drug-likeness (QED) is 0.617. The van der Waals surface area contributed by atoms with E-state index in [9.17, 15) is 4.79 Å². The van der Waals surface area contributed by atoms with Crippen LogP contribution in [-0.4, -0.2) is 27.7 Å². The molecule has 2 aromatic rings. The van der Waals surface area contributed by atoms with Crippen molar-refractivity contribution in [3.05, 3.63) is 30.4 Å². The average Bonchev–Trinajstić information content (AvgIpc) is 3.00. The Morgan fingerprint density at radius 1 is 1.29 bits per heavy atom. The summed E-state index contributed by atoms with van der Waals surface area (Å²) in [6.07, 6.45) is 5.01. The number of rotatable bonds is 5. The highest BCUT2D eigenvalue weighted by molar-refractivity contribution is 5.84. The molecule has 21 heavy (non-hydrogen) atoms. The predicted octanol–water partition coefficient (Wildman–Crippen LogP) is 3.75. The highest BCUT2D eigenvalue weighted by atomic mass is 16.6. The molecule has 0 amide bonds. The molecule has 0 aliphatic rings. The van der Waals surface area contributed by atoms with E-state index >= 15 is 0 Å². The number of carbonyl (C=O) groups is 1. The standard InChI is InChI=1S/C12H13N3O3.C2H6.CH4/c1-2-3-8-17-12(16)11-14-10(15-18-11)9-4-6-13-7-5-9;1-2;/h4-7H,2-3,8H2,1H3;1-2H3;1H4. The number of esters is 1. The summed E-state index contributed by atoms with van der Waals surface area (Å²) < 4.78 is 9.83. The van der Waals surface area contributed by atoms with Gasteiger partial charge in [-0.2, -0.15) is 4.98 Å². The molecule has 0 atom stereocenters. The lowest BCUT2D eigenvalue weighted by atomic mass is 10.2. The van der Waals surface area contributed by atoms with Crippen LogP contribution >= 0.6 is 0 Å². The van der Waals surface area contributed by atoms with Gasteiger partial charge in [-0.25, -0.2) is 4.79 Å². The SMILES string of the molecule is C.CC.CCCCOC(=O)c1nc(-c2ccncc2)no1. The summed E-state index contributed by atoms with van der Waals surface area (Å²) in [6.45, 7) is 6.38. The van der Waals surface area contributed by atoms with Gasteiger partial charge in [-0.1, -0.05) is 39.8 Å². The van der Waals surface area contributed by atoms with Crippen molar-refractivity contribution in [3.63, 3.8) is 0 Å². The molecule has 6 heteroatoms. The van der Waals surface area contributed by atoms with Crippen molar-refractivity contribution in [2.75, 3.05) is 6.61 Å². The van der Waals surface area contributed by atoms with Crippen LogP contribution in [-0.2, 0) is 4.74 Å². The van der Waals surface area contributed by atoms with Gasteiger partial charge in [-0.3, -0.25) is 4.98 Å². The molecule has 0 fully saturated rings. The third-order valence-electron chi connectivity index (χ3n) is 2.27. The van der Waals surface area contributed by atoms with E-state index in [0.29, 0.717) is 12.4 Å². The Labute approximate surface area is 125 Å². The molecule has 0 saturated heterocycles. The lowest BCUT2D eigenvalue weighted by Gasteiger charge is -1.98. The Morgan fingerprint density at radius 3 is 2.57 bits per heavy atom. The summed E-state index contributed by atoms with van der Waals surface area (Å²) in [5, 5.41) is 3.72. The Kier molecular flexibility index (Phi) is 9.41. The molecule has 0 radical (unpaired) electrons. The number of unbranched alkanes of at least 4 members (excludes halogenated alkanes) is 1. The van der Waals surface area contributed by atoms with Crippen molar-refractivity contribution in [2.24, 2.45) is 0 Å². The van der Waals surface area contributed by atoms with Gasteiger partial charge in [0.2, 0.25) is 5.82 Å². The van der Waals surface area contributed by atoms with Gasteiger partial charge < -0.3 is 9.26 Å². The summed E-state index contributed by atoms with van der Waals surface area (Å²) in [6, 6.07) is 3.47. The summed E-state index contributed by atoms with van der Waals surface area (Å²) in [5.41, 5.74) is 0.737. The fourth-order valence-electron chi connectivity index (χ4n) is 1.30. The topological polar surface area (TPSA) is 78.1 Å². The van der Waals surface area contributed by atoms with Crippen LogP contribution in [0.2, 0.25) is 0 Å². The van der Waals surface area contributed by atoms with Crippen LogP contribution in [0, 0.1) is 0 Å². The molecular weight excluding hydrogens is 270 g/mol.